The van der Waals surface area contributed by atoms with Crippen LogP contribution in [0.1, 0.15) is 40.5 Å². The summed E-state index contributed by atoms with van der Waals surface area (Å²) in [7, 11) is 1.65. The second-order valence-electron chi connectivity index (χ2n) is 3.26. The fraction of sp³-hybridized carbons (Fsp3) is 1.00. The monoisotopic (exact) mass is 189 g/mol. The Kier molecular flexibility index (Phi) is 7.23. The van der Waals surface area contributed by atoms with Crippen LogP contribution in [-0.2, 0) is 9.47 Å². The van der Waals surface area contributed by atoms with Gasteiger partial charge < -0.3 is 9.47 Å². The second-order valence-corrected chi connectivity index (χ2v) is 3.26. The highest BCUT2D eigenvalue weighted by molar-refractivity contribution is 4.63. The first-order valence-electron chi connectivity index (χ1n) is 5.08. The molecule has 3 nitrogen and oxygen atoms in total. The first-order valence-corrected chi connectivity index (χ1v) is 5.08. The molecule has 0 aromatic heterocycles. The third-order valence-corrected chi connectivity index (χ3v) is 2.18. The van der Waals surface area contributed by atoms with Crippen molar-refractivity contribution in [1.82, 2.24) is 5.32 Å². The van der Waals surface area contributed by atoms with Crippen molar-refractivity contribution in [3.63, 3.8) is 0 Å². The summed E-state index contributed by atoms with van der Waals surface area (Å²) < 4.78 is 10.5. The molecule has 0 radical (unpaired) electrons. The lowest BCUT2D eigenvalue weighted by atomic mass is 10.2. The lowest BCUT2D eigenvalue weighted by molar-refractivity contribution is -0.149. The zero-order valence-corrected chi connectivity index (χ0v) is 9.46. The zero-order valence-electron chi connectivity index (χ0n) is 9.46. The van der Waals surface area contributed by atoms with Gasteiger partial charge in [0.2, 0.25) is 0 Å². The van der Waals surface area contributed by atoms with E-state index < -0.39 is 0 Å². The van der Waals surface area contributed by atoms with Crippen molar-refractivity contribution < 1.29 is 9.47 Å². The van der Waals surface area contributed by atoms with Gasteiger partial charge in [-0.05, 0) is 26.7 Å². The van der Waals surface area contributed by atoms with Crippen LogP contribution in [0.15, 0.2) is 0 Å². The molecule has 0 saturated heterocycles. The molecule has 0 amide bonds. The molecular weight excluding hydrogens is 166 g/mol. The Morgan fingerprint density at radius 1 is 1.15 bits per heavy atom. The van der Waals surface area contributed by atoms with Crippen LogP contribution in [0.5, 0.6) is 0 Å². The molecule has 0 aliphatic carbocycles. The third kappa shape index (κ3) is 6.02. The van der Waals surface area contributed by atoms with Crippen LogP contribution in [0.2, 0.25) is 0 Å². The van der Waals surface area contributed by atoms with E-state index in [1.165, 1.54) is 0 Å². The molecule has 0 rings (SSSR count). The van der Waals surface area contributed by atoms with E-state index in [0.29, 0.717) is 6.04 Å². The molecule has 0 aliphatic heterocycles. The fourth-order valence-corrected chi connectivity index (χ4v) is 1.24. The standard InChI is InChI=1S/C10H23NO2/c1-6-10(7-2)11-8(3)13-9(4)12-5/h8-11H,6-7H2,1-5H3. The van der Waals surface area contributed by atoms with E-state index in [-0.39, 0.29) is 12.5 Å². The van der Waals surface area contributed by atoms with Gasteiger partial charge in [0, 0.05) is 13.2 Å². The topological polar surface area (TPSA) is 30.5 Å². The minimum atomic E-state index is -0.142. The van der Waals surface area contributed by atoms with E-state index in [1.807, 2.05) is 13.8 Å². The lowest BCUT2D eigenvalue weighted by Gasteiger charge is -2.23. The van der Waals surface area contributed by atoms with Crippen molar-refractivity contribution in [2.45, 2.75) is 59.1 Å². The average Bonchev–Trinajstić information content (AvgIpc) is 2.13. The molecule has 2 unspecified atom stereocenters. The van der Waals surface area contributed by atoms with E-state index in [2.05, 4.69) is 19.2 Å². The van der Waals surface area contributed by atoms with Gasteiger partial charge in [-0.1, -0.05) is 13.8 Å². The number of nitrogens with one attached hydrogen (secondary N) is 1. The predicted octanol–water partition coefficient (Wildman–Crippen LogP) is 2.12. The normalized spacial score (nSPS) is 16.2. The van der Waals surface area contributed by atoms with Crippen LogP contribution in [0.4, 0.5) is 0 Å². The highest BCUT2D eigenvalue weighted by Crippen LogP contribution is 2.01. The summed E-state index contributed by atoms with van der Waals surface area (Å²) >= 11 is 0. The smallest absolute Gasteiger partial charge is 0.156 e. The van der Waals surface area contributed by atoms with Gasteiger partial charge in [-0.25, -0.2) is 0 Å². The Hall–Kier alpha value is -0.120. The number of hydrogen-bond donors (Lipinski definition) is 1. The quantitative estimate of drug-likeness (QED) is 0.622. The number of methoxy groups -OCH3 is 1. The molecule has 80 valence electrons. The van der Waals surface area contributed by atoms with Crippen LogP contribution in [0.25, 0.3) is 0 Å². The summed E-state index contributed by atoms with van der Waals surface area (Å²) in [5.74, 6) is 0. The van der Waals surface area contributed by atoms with Crippen LogP contribution in [-0.4, -0.2) is 25.7 Å². The molecule has 1 N–H and O–H groups in total. The summed E-state index contributed by atoms with van der Waals surface area (Å²) in [6, 6.07) is 0.541. The maximum Gasteiger partial charge on any atom is 0.156 e. The first kappa shape index (κ1) is 12.9. The molecule has 2 atom stereocenters. The van der Waals surface area contributed by atoms with E-state index in [0.717, 1.165) is 12.8 Å². The van der Waals surface area contributed by atoms with E-state index in [1.54, 1.807) is 7.11 Å². The first-order chi connectivity index (χ1) is 6.13. The van der Waals surface area contributed by atoms with Crippen LogP contribution in [0.3, 0.4) is 0 Å². The van der Waals surface area contributed by atoms with Crippen molar-refractivity contribution in [3.05, 3.63) is 0 Å². The van der Waals surface area contributed by atoms with Gasteiger partial charge in [0.25, 0.3) is 0 Å². The maximum absolute atomic E-state index is 5.50. The van der Waals surface area contributed by atoms with E-state index in [4.69, 9.17) is 9.47 Å². The minimum Gasteiger partial charge on any atom is -0.356 e. The van der Waals surface area contributed by atoms with Crippen LogP contribution < -0.4 is 5.32 Å². The number of rotatable bonds is 7. The molecule has 0 spiro atoms. The Morgan fingerprint density at radius 2 is 1.69 bits per heavy atom. The van der Waals surface area contributed by atoms with Crippen molar-refractivity contribution in [2.75, 3.05) is 7.11 Å². The van der Waals surface area contributed by atoms with E-state index >= 15 is 0 Å². The molecule has 3 heteroatoms. The van der Waals surface area contributed by atoms with Gasteiger partial charge in [-0.2, -0.15) is 0 Å². The highest BCUT2D eigenvalue weighted by atomic mass is 16.7. The van der Waals surface area contributed by atoms with Gasteiger partial charge >= 0.3 is 0 Å². The van der Waals surface area contributed by atoms with Crippen LogP contribution >= 0.6 is 0 Å². The Bertz CT molecular complexity index is 115. The second kappa shape index (κ2) is 7.30. The Morgan fingerprint density at radius 3 is 2.08 bits per heavy atom. The largest absolute Gasteiger partial charge is 0.356 e. The lowest BCUT2D eigenvalue weighted by Crippen LogP contribution is -2.39. The zero-order chi connectivity index (χ0) is 10.3. The summed E-state index contributed by atoms with van der Waals surface area (Å²) in [6.07, 6.45) is 2.17. The summed E-state index contributed by atoms with van der Waals surface area (Å²) in [4.78, 5) is 0. The number of ether oxygens (including phenoxy) is 2. The van der Waals surface area contributed by atoms with Crippen molar-refractivity contribution in [3.8, 4) is 0 Å². The molecule has 0 aromatic rings. The minimum absolute atomic E-state index is 0.0554. The summed E-state index contributed by atoms with van der Waals surface area (Å²) in [5, 5.41) is 3.38. The number of hydrogen-bond acceptors (Lipinski definition) is 3. The molecule has 0 aromatic carbocycles. The van der Waals surface area contributed by atoms with Crippen molar-refractivity contribution in [1.29, 1.82) is 0 Å². The van der Waals surface area contributed by atoms with E-state index in [9.17, 15) is 0 Å². The Labute approximate surface area is 81.8 Å². The molecule has 0 bridgehead atoms. The summed E-state index contributed by atoms with van der Waals surface area (Å²) in [6.45, 7) is 8.25. The van der Waals surface area contributed by atoms with Gasteiger partial charge in [0.1, 0.15) is 6.23 Å². The van der Waals surface area contributed by atoms with Crippen LogP contribution in [0, 0.1) is 0 Å². The molecule has 0 aliphatic rings. The fourth-order valence-electron chi connectivity index (χ4n) is 1.24. The SMILES string of the molecule is CCC(CC)NC(C)OC(C)OC. The van der Waals surface area contributed by atoms with Crippen molar-refractivity contribution >= 4 is 0 Å². The third-order valence-electron chi connectivity index (χ3n) is 2.18. The molecule has 0 heterocycles. The predicted molar refractivity (Wildman–Crippen MR) is 54.5 cm³/mol. The van der Waals surface area contributed by atoms with Gasteiger partial charge in [-0.15, -0.1) is 0 Å². The van der Waals surface area contributed by atoms with Gasteiger partial charge in [0.15, 0.2) is 6.29 Å². The van der Waals surface area contributed by atoms with Crippen molar-refractivity contribution in [2.24, 2.45) is 0 Å². The van der Waals surface area contributed by atoms with Gasteiger partial charge in [0.05, 0.1) is 0 Å². The molecule has 0 saturated carbocycles. The Balaban J connectivity index is 3.65. The highest BCUT2D eigenvalue weighted by Gasteiger charge is 2.10. The summed E-state index contributed by atoms with van der Waals surface area (Å²) in [5.41, 5.74) is 0. The van der Waals surface area contributed by atoms with Gasteiger partial charge in [-0.3, -0.25) is 5.32 Å². The average molecular weight is 189 g/mol. The molecule has 0 fully saturated rings. The molecule has 13 heavy (non-hydrogen) atoms. The molecular formula is C10H23NO2. The maximum atomic E-state index is 5.50.